The fraction of sp³-hybridized carbons (Fsp3) is 0.344. The van der Waals surface area contributed by atoms with Crippen molar-refractivity contribution in [2.75, 3.05) is 26.0 Å². The number of piperidine rings is 1. The molecule has 2 aliphatic rings. The third-order valence-electron chi connectivity index (χ3n) is 8.62. The van der Waals surface area contributed by atoms with Gasteiger partial charge in [0.15, 0.2) is 11.5 Å². The maximum Gasteiger partial charge on any atom is 0.250 e. The molecule has 11 heteroatoms. The molecule has 11 nitrogen and oxygen atoms in total. The Hall–Kier alpha value is -4.77. The van der Waals surface area contributed by atoms with Crippen molar-refractivity contribution in [3.63, 3.8) is 0 Å². The number of pyridine rings is 1. The van der Waals surface area contributed by atoms with E-state index in [1.165, 1.54) is 11.9 Å². The highest BCUT2D eigenvalue weighted by Gasteiger charge is 2.44. The first-order valence-corrected chi connectivity index (χ1v) is 14.7. The monoisotopic (exact) mass is 577 g/mol. The van der Waals surface area contributed by atoms with Crippen molar-refractivity contribution >= 4 is 28.6 Å². The number of nitrogens with zero attached hydrogens (tertiary/aromatic N) is 8. The first-order valence-electron chi connectivity index (χ1n) is 14.7. The average molecular weight is 578 g/mol. The summed E-state index contributed by atoms with van der Waals surface area (Å²) in [6.07, 6.45) is 10.9. The number of hydrogen-bond acceptors (Lipinski definition) is 8. The van der Waals surface area contributed by atoms with Crippen molar-refractivity contribution in [2.24, 2.45) is 0 Å². The number of carbonyl (C=O) groups is 1. The van der Waals surface area contributed by atoms with Gasteiger partial charge in [0, 0.05) is 48.3 Å². The molecule has 1 amide bonds. The number of hydrogen-bond donors (Lipinski definition) is 1. The van der Waals surface area contributed by atoms with Gasteiger partial charge in [-0.05, 0) is 94.1 Å². The number of anilines is 2. The van der Waals surface area contributed by atoms with Crippen molar-refractivity contribution in [2.45, 2.75) is 50.6 Å². The Morgan fingerprint density at radius 2 is 1.77 bits per heavy atom. The van der Waals surface area contributed by atoms with E-state index >= 15 is 0 Å². The third kappa shape index (κ3) is 5.10. The molecule has 0 saturated carbocycles. The predicted molar refractivity (Wildman–Crippen MR) is 164 cm³/mol. The van der Waals surface area contributed by atoms with Gasteiger partial charge in [-0.2, -0.15) is 10.2 Å². The first kappa shape index (κ1) is 27.1. The summed E-state index contributed by atoms with van der Waals surface area (Å²) in [6, 6.07) is 12.3. The first-order chi connectivity index (χ1) is 20.8. The molecule has 0 aliphatic carbocycles. The number of aryl methyl sites for hydroxylation is 1. The highest BCUT2D eigenvalue weighted by atomic mass is 16.5. The van der Waals surface area contributed by atoms with Crippen LogP contribution in [0.4, 0.5) is 11.5 Å². The Morgan fingerprint density at radius 3 is 2.53 bits per heavy atom. The molecule has 2 saturated heterocycles. The third-order valence-corrected chi connectivity index (χ3v) is 8.62. The summed E-state index contributed by atoms with van der Waals surface area (Å²) in [5.41, 5.74) is 5.48. The van der Waals surface area contributed by atoms with Gasteiger partial charge in [0.1, 0.15) is 29.7 Å². The highest BCUT2D eigenvalue weighted by molar-refractivity contribution is 5.94. The van der Waals surface area contributed by atoms with E-state index in [9.17, 15) is 4.79 Å². The minimum absolute atomic E-state index is 0.106. The number of benzene rings is 1. The molecule has 4 aromatic heterocycles. The van der Waals surface area contributed by atoms with Gasteiger partial charge in [0.2, 0.25) is 0 Å². The molecule has 7 rings (SSSR count). The maximum absolute atomic E-state index is 13.3. The van der Waals surface area contributed by atoms with Crippen molar-refractivity contribution in [3.8, 4) is 11.5 Å². The van der Waals surface area contributed by atoms with E-state index in [1.807, 2.05) is 67.1 Å². The molecule has 5 aromatic rings. The molecule has 43 heavy (non-hydrogen) atoms. The minimum atomic E-state index is 0.106. The fourth-order valence-electron chi connectivity index (χ4n) is 6.76. The Labute approximate surface area is 249 Å². The number of carbonyl (C=O) groups excluding carboxylic acids is 1. The molecule has 6 heterocycles. The summed E-state index contributed by atoms with van der Waals surface area (Å²) in [4.78, 5) is 26.3. The maximum atomic E-state index is 13.3. The summed E-state index contributed by atoms with van der Waals surface area (Å²) in [7, 11) is 3.94. The van der Waals surface area contributed by atoms with Crippen LogP contribution in [0.3, 0.4) is 0 Å². The van der Waals surface area contributed by atoms with Crippen LogP contribution in [-0.2, 0) is 4.79 Å². The summed E-state index contributed by atoms with van der Waals surface area (Å²) < 4.78 is 9.75. The van der Waals surface area contributed by atoms with Crippen LogP contribution in [0.2, 0.25) is 0 Å². The van der Waals surface area contributed by atoms with Crippen LogP contribution < -0.4 is 10.1 Å². The number of amides is 1. The van der Waals surface area contributed by atoms with E-state index in [0.717, 1.165) is 59.7 Å². The van der Waals surface area contributed by atoms with E-state index in [2.05, 4.69) is 49.1 Å². The van der Waals surface area contributed by atoms with Crippen LogP contribution in [-0.4, -0.2) is 77.6 Å². The van der Waals surface area contributed by atoms with Crippen LogP contribution in [0.5, 0.6) is 11.5 Å². The number of fused-ring (bicyclic) bond motifs is 4. The average Bonchev–Trinajstić information content (AvgIpc) is 3.70. The molecule has 0 spiro atoms. The second kappa shape index (κ2) is 10.8. The molecular weight excluding hydrogens is 542 g/mol. The summed E-state index contributed by atoms with van der Waals surface area (Å²) in [5.74, 6) is 2.64. The molecule has 2 bridgehead atoms. The number of nitrogens with one attached hydrogen (secondary N) is 1. The molecule has 1 N–H and O–H groups in total. The fourth-order valence-corrected chi connectivity index (χ4v) is 6.76. The van der Waals surface area contributed by atoms with Gasteiger partial charge in [0.05, 0.1) is 0 Å². The van der Waals surface area contributed by atoms with Gasteiger partial charge >= 0.3 is 0 Å². The SMILES string of the molecule is C=C(CN(C)C)C(=O)N1[C@@H]2CC[C@H]1C[C@@H](c1ccn3ncnc(Nc4ccc(Oc5ccn6ncnc6c5)c(C)c4)c13)C2. The van der Waals surface area contributed by atoms with Crippen molar-refractivity contribution in [3.05, 3.63) is 84.7 Å². The van der Waals surface area contributed by atoms with Gasteiger partial charge < -0.3 is 19.9 Å². The van der Waals surface area contributed by atoms with E-state index in [-0.39, 0.29) is 18.0 Å². The lowest BCUT2D eigenvalue weighted by Gasteiger charge is -2.39. The van der Waals surface area contributed by atoms with Crippen LogP contribution >= 0.6 is 0 Å². The lowest BCUT2D eigenvalue weighted by atomic mass is 9.85. The highest BCUT2D eigenvalue weighted by Crippen LogP contribution is 2.45. The van der Waals surface area contributed by atoms with Crippen LogP contribution in [0.15, 0.2) is 73.6 Å². The zero-order chi connectivity index (χ0) is 29.7. The molecule has 2 fully saturated rings. The molecule has 3 atom stereocenters. The Kier molecular flexibility index (Phi) is 6.81. The van der Waals surface area contributed by atoms with Gasteiger partial charge in [0.25, 0.3) is 5.91 Å². The largest absolute Gasteiger partial charge is 0.457 e. The normalized spacial score (nSPS) is 19.8. The van der Waals surface area contributed by atoms with E-state index in [4.69, 9.17) is 4.74 Å². The zero-order valence-corrected chi connectivity index (χ0v) is 24.6. The van der Waals surface area contributed by atoms with E-state index in [1.54, 1.807) is 10.8 Å². The predicted octanol–water partition coefficient (Wildman–Crippen LogP) is 4.97. The molecule has 1 aromatic carbocycles. The molecule has 2 aliphatic heterocycles. The van der Waals surface area contributed by atoms with Crippen LogP contribution in [0.1, 0.15) is 42.7 Å². The Morgan fingerprint density at radius 1 is 1.02 bits per heavy atom. The van der Waals surface area contributed by atoms with Crippen molar-refractivity contribution in [1.82, 2.24) is 39.0 Å². The van der Waals surface area contributed by atoms with Gasteiger partial charge in [-0.1, -0.05) is 6.58 Å². The molecule has 220 valence electrons. The lowest BCUT2D eigenvalue weighted by Crippen LogP contribution is -2.47. The van der Waals surface area contributed by atoms with Gasteiger partial charge in [-0.25, -0.2) is 19.0 Å². The van der Waals surface area contributed by atoms with Gasteiger partial charge in [-0.3, -0.25) is 4.79 Å². The van der Waals surface area contributed by atoms with Crippen LogP contribution in [0, 0.1) is 6.92 Å². The van der Waals surface area contributed by atoms with E-state index < -0.39 is 0 Å². The van der Waals surface area contributed by atoms with Crippen LogP contribution in [0.25, 0.3) is 11.2 Å². The molecule has 0 unspecified atom stereocenters. The van der Waals surface area contributed by atoms with Crippen molar-refractivity contribution in [1.29, 1.82) is 0 Å². The topological polar surface area (TPSA) is 105 Å². The molecule has 0 radical (unpaired) electrons. The number of likely N-dealkylation sites (N-methyl/N-ethyl adjacent to an activating group) is 1. The summed E-state index contributed by atoms with van der Waals surface area (Å²) >= 11 is 0. The standard InChI is InChI=1S/C32H35N9O2/c1-20-13-23(5-8-28(20)43-26-9-11-39-29(16-26)33-18-35-39)37-31-30-27(10-12-40(30)36-19-34-31)22-14-24-6-7-25(15-22)41(24)32(42)21(2)17-38(3)4/h5,8-13,16,18-19,22,24-25H,2,6-7,14-15,17H2,1,3-4H3,(H,34,36,37)/t22-,24+,25-. The van der Waals surface area contributed by atoms with Gasteiger partial charge in [-0.15, -0.1) is 0 Å². The molecular formula is C32H35N9O2. The number of aromatic nitrogens is 6. The lowest BCUT2D eigenvalue weighted by molar-refractivity contribution is -0.131. The second-order valence-corrected chi connectivity index (χ2v) is 11.9. The Bertz CT molecular complexity index is 1830. The van der Waals surface area contributed by atoms with E-state index in [0.29, 0.717) is 23.8 Å². The second-order valence-electron chi connectivity index (χ2n) is 11.9. The van der Waals surface area contributed by atoms with Crippen molar-refractivity contribution < 1.29 is 9.53 Å². The smallest absolute Gasteiger partial charge is 0.250 e. The minimum Gasteiger partial charge on any atom is -0.457 e. The number of rotatable bonds is 8. The summed E-state index contributed by atoms with van der Waals surface area (Å²) in [5, 5.41) is 12.2. The Balaban J connectivity index is 1.10. The number of ether oxygens (including phenoxy) is 1. The summed E-state index contributed by atoms with van der Waals surface area (Å²) in [6.45, 7) is 6.70. The quantitative estimate of drug-likeness (QED) is 0.258. The zero-order valence-electron chi connectivity index (χ0n) is 24.6.